The molecular formula is C24H26N4O6. The zero-order chi connectivity index (χ0) is 24.2. The molecule has 0 fully saturated rings. The summed E-state index contributed by atoms with van der Waals surface area (Å²) in [6.45, 7) is -0.684. The Balaban J connectivity index is 1.50. The first-order chi connectivity index (χ1) is 16.6. The van der Waals surface area contributed by atoms with Crippen LogP contribution in [0.4, 0.5) is 22.7 Å². The summed E-state index contributed by atoms with van der Waals surface area (Å²) in [5.41, 5.74) is 2.57. The fraction of sp³-hybridized carbons (Fsp3) is 0.250. The predicted molar refractivity (Wildman–Crippen MR) is 125 cm³/mol. The second-order valence-electron chi connectivity index (χ2n) is 7.20. The van der Waals surface area contributed by atoms with Crippen molar-refractivity contribution in [1.82, 2.24) is 0 Å². The van der Waals surface area contributed by atoms with Crippen LogP contribution in [0, 0.1) is 0 Å². The van der Waals surface area contributed by atoms with Gasteiger partial charge in [0.1, 0.15) is 36.9 Å². The fourth-order valence-electron chi connectivity index (χ4n) is 2.53. The van der Waals surface area contributed by atoms with Gasteiger partial charge in [0.2, 0.25) is 0 Å². The smallest absolute Gasteiger partial charge is 0.119 e. The van der Waals surface area contributed by atoms with E-state index >= 15 is 0 Å². The van der Waals surface area contributed by atoms with Gasteiger partial charge in [0.15, 0.2) is 0 Å². The first-order valence-electron chi connectivity index (χ1n) is 10.5. The summed E-state index contributed by atoms with van der Waals surface area (Å²) in [4.78, 5) is 0. The molecule has 2 unspecified atom stereocenters. The molecular weight excluding hydrogens is 440 g/mol. The van der Waals surface area contributed by atoms with Crippen LogP contribution in [-0.4, -0.2) is 59.1 Å². The van der Waals surface area contributed by atoms with Gasteiger partial charge in [-0.2, -0.15) is 20.5 Å². The van der Waals surface area contributed by atoms with Crippen molar-refractivity contribution in [1.29, 1.82) is 0 Å². The maximum absolute atomic E-state index is 9.31. The van der Waals surface area contributed by atoms with Gasteiger partial charge in [0.25, 0.3) is 0 Å². The molecule has 0 aliphatic heterocycles. The van der Waals surface area contributed by atoms with Crippen LogP contribution >= 0.6 is 0 Å². The number of rotatable bonds is 12. The van der Waals surface area contributed by atoms with Crippen molar-refractivity contribution in [2.24, 2.45) is 20.5 Å². The van der Waals surface area contributed by atoms with Crippen LogP contribution in [0.25, 0.3) is 0 Å². The number of benzene rings is 3. The quantitative estimate of drug-likeness (QED) is 0.297. The molecule has 10 heteroatoms. The van der Waals surface area contributed by atoms with Crippen molar-refractivity contribution in [3.8, 4) is 11.5 Å². The molecule has 0 bridgehead atoms. The van der Waals surface area contributed by atoms with Crippen LogP contribution in [0.3, 0.4) is 0 Å². The van der Waals surface area contributed by atoms with E-state index < -0.39 is 12.2 Å². The van der Waals surface area contributed by atoms with Crippen molar-refractivity contribution in [3.05, 3.63) is 72.8 Å². The van der Waals surface area contributed by atoms with Gasteiger partial charge >= 0.3 is 0 Å². The zero-order valence-corrected chi connectivity index (χ0v) is 18.3. The Morgan fingerprint density at radius 2 is 0.765 bits per heavy atom. The van der Waals surface area contributed by atoms with Crippen molar-refractivity contribution in [2.45, 2.75) is 12.2 Å². The van der Waals surface area contributed by atoms with Crippen LogP contribution in [0.15, 0.2) is 93.3 Å². The summed E-state index contributed by atoms with van der Waals surface area (Å²) in [5, 5.41) is 52.9. The zero-order valence-electron chi connectivity index (χ0n) is 18.3. The monoisotopic (exact) mass is 466 g/mol. The van der Waals surface area contributed by atoms with Crippen LogP contribution < -0.4 is 9.47 Å². The molecule has 0 saturated carbocycles. The molecule has 3 aromatic carbocycles. The Kier molecular flexibility index (Phi) is 9.62. The van der Waals surface area contributed by atoms with E-state index in [4.69, 9.17) is 19.7 Å². The summed E-state index contributed by atoms with van der Waals surface area (Å²) >= 11 is 0. The normalized spacial score (nSPS) is 13.3. The third-order valence-electron chi connectivity index (χ3n) is 4.39. The number of hydrogen-bond acceptors (Lipinski definition) is 10. The van der Waals surface area contributed by atoms with E-state index in [1.54, 1.807) is 72.8 Å². The Morgan fingerprint density at radius 3 is 1.03 bits per heavy atom. The molecule has 0 spiro atoms. The highest BCUT2D eigenvalue weighted by atomic mass is 16.5. The molecule has 2 atom stereocenters. The van der Waals surface area contributed by atoms with Crippen LogP contribution in [0.5, 0.6) is 11.5 Å². The van der Waals surface area contributed by atoms with E-state index in [9.17, 15) is 10.2 Å². The second-order valence-corrected chi connectivity index (χ2v) is 7.20. The number of aliphatic hydroxyl groups excluding tert-OH is 4. The molecule has 0 aromatic heterocycles. The SMILES string of the molecule is OCC(O)COc1ccc(N=Nc2ccc(N=Nc3ccc(OCC(O)CO)cc3)cc2)cc1. The van der Waals surface area contributed by atoms with Gasteiger partial charge in [-0.15, -0.1) is 0 Å². The Bertz CT molecular complexity index is 970. The average Bonchev–Trinajstić information content (AvgIpc) is 2.89. The molecule has 0 aliphatic rings. The summed E-state index contributed by atoms with van der Waals surface area (Å²) in [6.07, 6.45) is -1.83. The van der Waals surface area contributed by atoms with Crippen molar-refractivity contribution < 1.29 is 29.9 Å². The van der Waals surface area contributed by atoms with E-state index in [-0.39, 0.29) is 26.4 Å². The van der Waals surface area contributed by atoms with E-state index in [0.717, 1.165) is 0 Å². The molecule has 0 aliphatic carbocycles. The van der Waals surface area contributed by atoms with E-state index in [1.807, 2.05) is 0 Å². The van der Waals surface area contributed by atoms with E-state index in [2.05, 4.69) is 20.5 Å². The lowest BCUT2D eigenvalue weighted by Gasteiger charge is -2.09. The Hall–Kier alpha value is -3.70. The highest BCUT2D eigenvalue weighted by molar-refractivity contribution is 5.48. The first kappa shape index (κ1) is 24.9. The minimum Gasteiger partial charge on any atom is -0.491 e. The third-order valence-corrected chi connectivity index (χ3v) is 4.39. The number of nitrogens with zero attached hydrogens (tertiary/aromatic N) is 4. The molecule has 3 aromatic rings. The average molecular weight is 466 g/mol. The fourth-order valence-corrected chi connectivity index (χ4v) is 2.53. The van der Waals surface area contributed by atoms with Gasteiger partial charge in [-0.3, -0.25) is 0 Å². The summed E-state index contributed by atoms with van der Waals surface area (Å²) in [6, 6.07) is 20.9. The molecule has 0 heterocycles. The lowest BCUT2D eigenvalue weighted by molar-refractivity contribution is 0.0536. The highest BCUT2D eigenvalue weighted by Crippen LogP contribution is 2.25. The summed E-state index contributed by atoms with van der Waals surface area (Å²) in [7, 11) is 0. The molecule has 0 amide bonds. The number of aliphatic hydroxyl groups is 4. The van der Waals surface area contributed by atoms with E-state index in [0.29, 0.717) is 34.2 Å². The molecule has 3 rings (SSSR count). The molecule has 34 heavy (non-hydrogen) atoms. The number of ether oxygens (including phenoxy) is 2. The maximum Gasteiger partial charge on any atom is 0.119 e. The third kappa shape index (κ3) is 8.34. The largest absolute Gasteiger partial charge is 0.491 e. The molecule has 178 valence electrons. The van der Waals surface area contributed by atoms with Crippen molar-refractivity contribution in [3.63, 3.8) is 0 Å². The molecule has 4 N–H and O–H groups in total. The van der Waals surface area contributed by atoms with Gasteiger partial charge < -0.3 is 29.9 Å². The number of hydrogen-bond donors (Lipinski definition) is 4. The highest BCUT2D eigenvalue weighted by Gasteiger charge is 2.04. The van der Waals surface area contributed by atoms with Crippen molar-refractivity contribution in [2.75, 3.05) is 26.4 Å². The second kappa shape index (κ2) is 13.1. The first-order valence-corrected chi connectivity index (χ1v) is 10.5. The van der Waals surface area contributed by atoms with E-state index in [1.165, 1.54) is 0 Å². The maximum atomic E-state index is 9.31. The van der Waals surface area contributed by atoms with Crippen LogP contribution in [0.1, 0.15) is 0 Å². The predicted octanol–water partition coefficient (Wildman–Crippen LogP) is 3.98. The van der Waals surface area contributed by atoms with Gasteiger partial charge in [0, 0.05) is 0 Å². The molecule has 0 saturated heterocycles. The number of azo groups is 2. The van der Waals surface area contributed by atoms with Gasteiger partial charge in [-0.05, 0) is 72.8 Å². The standard InChI is InChI=1S/C24H26N4O6/c29-13-21(31)15-33-23-9-5-19(6-10-23)27-25-17-1-2-18(4-3-17)26-28-20-7-11-24(12-8-20)34-16-22(32)14-30/h1-12,21-22,29-32H,13-16H2. The Morgan fingerprint density at radius 1 is 0.500 bits per heavy atom. The molecule has 0 radical (unpaired) electrons. The van der Waals surface area contributed by atoms with Gasteiger partial charge in [0.05, 0.1) is 36.0 Å². The Labute approximate surface area is 196 Å². The minimum absolute atomic E-state index is 0.0111. The van der Waals surface area contributed by atoms with Crippen LogP contribution in [0.2, 0.25) is 0 Å². The summed E-state index contributed by atoms with van der Waals surface area (Å²) < 4.78 is 10.7. The minimum atomic E-state index is -0.916. The van der Waals surface area contributed by atoms with Crippen LogP contribution in [-0.2, 0) is 0 Å². The van der Waals surface area contributed by atoms with Gasteiger partial charge in [-0.1, -0.05) is 0 Å². The van der Waals surface area contributed by atoms with Crippen molar-refractivity contribution >= 4 is 22.7 Å². The lowest BCUT2D eigenvalue weighted by atomic mass is 10.3. The topological polar surface area (TPSA) is 149 Å². The van der Waals surface area contributed by atoms with Gasteiger partial charge in [-0.25, -0.2) is 0 Å². The summed E-state index contributed by atoms with van der Waals surface area (Å²) in [5.74, 6) is 1.12. The lowest BCUT2D eigenvalue weighted by Crippen LogP contribution is -2.21. The molecule has 10 nitrogen and oxygen atoms in total.